The zero-order chi connectivity index (χ0) is 47.0. The van der Waals surface area contributed by atoms with Crippen LogP contribution in [-0.4, -0.2) is 153 Å². The van der Waals surface area contributed by atoms with Crippen LogP contribution in [0, 0.1) is 0 Å². The minimum absolute atomic E-state index is 0.0464. The van der Waals surface area contributed by atoms with Crippen LogP contribution in [0.1, 0.15) is 85.5 Å². The van der Waals surface area contributed by atoms with Gasteiger partial charge in [-0.25, -0.2) is 4.79 Å². The normalized spacial score (nSPS) is 14.7. The highest BCUT2D eigenvalue weighted by Gasteiger charge is 2.30. The fourth-order valence-corrected chi connectivity index (χ4v) is 4.94. The van der Waals surface area contributed by atoms with Gasteiger partial charge in [-0.3, -0.25) is 52.7 Å². The van der Waals surface area contributed by atoms with E-state index in [4.69, 9.17) is 26.8 Å². The molecule has 0 unspecified atom stereocenters. The number of hydrogen-bond donors (Lipinski definition) is 14. The average Bonchev–Trinajstić information content (AvgIpc) is 3.17. The van der Waals surface area contributed by atoms with Gasteiger partial charge in [-0.05, 0) is 72.8 Å². The van der Waals surface area contributed by atoms with Crippen LogP contribution >= 0.6 is 0 Å². The molecule has 0 fully saturated rings. The number of unbranched alkanes of at least 4 members (excludes halogenated alkanes) is 1. The molecule has 0 heterocycles. The van der Waals surface area contributed by atoms with E-state index in [1.54, 1.807) is 0 Å². The Morgan fingerprint density at radius 3 is 1.28 bits per heavy atom. The van der Waals surface area contributed by atoms with Crippen molar-refractivity contribution in [2.45, 2.75) is 134 Å². The van der Waals surface area contributed by atoms with Crippen molar-refractivity contribution in [2.24, 2.45) is 11.5 Å². The number of rotatable bonds is 30. The Morgan fingerprint density at radius 2 is 0.820 bits per heavy atom. The van der Waals surface area contributed by atoms with E-state index in [1.807, 2.05) is 0 Å². The predicted octanol–water partition coefficient (Wildman–Crippen LogP) is -5.29. The van der Waals surface area contributed by atoms with Crippen molar-refractivity contribution in [1.82, 2.24) is 42.5 Å². The summed E-state index contributed by atoms with van der Waals surface area (Å²) in [5.74, 6) is -12.5. The van der Waals surface area contributed by atoms with E-state index in [0.29, 0.717) is 12.8 Å². The molecule has 26 nitrogen and oxygen atoms in total. The molecule has 16 N–H and O–H groups in total. The number of carboxylic acid groups (broad SMARTS) is 4. The molecular weight excluding hydrogens is 816 g/mol. The van der Waals surface area contributed by atoms with Gasteiger partial charge < -0.3 is 74.4 Å². The molecule has 0 aliphatic rings. The van der Waals surface area contributed by atoms with Gasteiger partial charge in [0.05, 0.1) is 12.6 Å². The number of nitrogens with one attached hydrogen (secondary N) is 8. The van der Waals surface area contributed by atoms with Crippen molar-refractivity contribution < 1.29 is 78.0 Å². The number of hydrogen-bond acceptors (Lipinski definition) is 14. The molecule has 26 heteroatoms. The van der Waals surface area contributed by atoms with Crippen LogP contribution in [0.25, 0.3) is 0 Å². The summed E-state index contributed by atoms with van der Waals surface area (Å²) in [5, 5.41) is 54.3. The molecule has 61 heavy (non-hydrogen) atoms. The van der Waals surface area contributed by atoms with Gasteiger partial charge in [0, 0.05) is 19.3 Å². The van der Waals surface area contributed by atoms with Crippen molar-refractivity contribution in [3.05, 3.63) is 0 Å². The number of carboxylic acids is 4. The molecule has 8 amide bonds. The van der Waals surface area contributed by atoms with Crippen molar-refractivity contribution in [3.63, 3.8) is 0 Å². The maximum Gasteiger partial charge on any atom is 0.326 e. The topological polar surface area (TPSA) is 434 Å². The molecule has 0 radical (unpaired) electrons. The van der Waals surface area contributed by atoms with Crippen LogP contribution < -0.4 is 54.0 Å². The van der Waals surface area contributed by atoms with E-state index in [-0.39, 0.29) is 19.4 Å². The van der Waals surface area contributed by atoms with Crippen molar-refractivity contribution >= 4 is 71.1 Å². The predicted molar refractivity (Wildman–Crippen MR) is 208 cm³/mol. The average molecular weight is 875 g/mol. The summed E-state index contributed by atoms with van der Waals surface area (Å²) < 4.78 is 0. The molecule has 0 aromatic carbocycles. The molecule has 0 aliphatic heterocycles. The lowest BCUT2D eigenvalue weighted by Gasteiger charge is -2.24. The van der Waals surface area contributed by atoms with Crippen LogP contribution in [0.3, 0.4) is 0 Å². The Kier molecular flexibility index (Phi) is 25.1. The van der Waals surface area contributed by atoms with Crippen LogP contribution in [0.5, 0.6) is 0 Å². The van der Waals surface area contributed by atoms with E-state index in [9.17, 15) is 62.6 Å². The summed E-state index contributed by atoms with van der Waals surface area (Å²) in [5.41, 5.74) is 11.2. The molecule has 344 valence electrons. The first kappa shape index (κ1) is 54.6. The van der Waals surface area contributed by atoms with Gasteiger partial charge >= 0.3 is 23.9 Å². The van der Waals surface area contributed by atoms with E-state index in [2.05, 4.69) is 42.5 Å². The highest BCUT2D eigenvalue weighted by Crippen LogP contribution is 2.05. The summed E-state index contributed by atoms with van der Waals surface area (Å²) in [6.45, 7) is 4.49. The number of carbonyl (C=O) groups excluding carboxylic acids is 8. The fourth-order valence-electron chi connectivity index (χ4n) is 4.94. The quantitative estimate of drug-likeness (QED) is 0.0300. The molecule has 0 spiro atoms. The maximum absolute atomic E-state index is 13.0. The van der Waals surface area contributed by atoms with E-state index < -0.39 is 158 Å². The first-order valence-corrected chi connectivity index (χ1v) is 19.1. The summed E-state index contributed by atoms with van der Waals surface area (Å²) in [6, 6.07) is -10.8. The summed E-state index contributed by atoms with van der Waals surface area (Å²) in [4.78, 5) is 146. The van der Waals surface area contributed by atoms with Crippen molar-refractivity contribution in [2.75, 3.05) is 13.1 Å². The van der Waals surface area contributed by atoms with Gasteiger partial charge in [0.2, 0.25) is 47.3 Å². The standard InChI is InChI=1S/C35H58N10O16/c1-16(39-29(54)17(2)41-34(59)22(9-12-26(49)50)44-30(55)18(3)40-32(57)20(37)8-11-25(47)48)28(53)38-15-24(46)43-21(7-5-6-14-36)33(58)42-19(4)31(56)45-23(35(60)61)10-13-27(51)52/h16-23H,5-15,36-37H2,1-4H3,(H,38,53)(H,39,54)(H,40,57)(H,41,59)(H,42,58)(H,43,46)(H,44,55)(H,45,56)(H,47,48)(H,49,50)(H,51,52)(H,60,61)/t16-,17-,18-,19-,20-,21-,22-,23-/m0/s1. The lowest BCUT2D eigenvalue weighted by Crippen LogP contribution is -2.58. The number of carbonyl (C=O) groups is 12. The van der Waals surface area contributed by atoms with Crippen molar-refractivity contribution in [3.8, 4) is 0 Å². The van der Waals surface area contributed by atoms with Gasteiger partial charge in [0.1, 0.15) is 42.3 Å². The second-order valence-corrected chi connectivity index (χ2v) is 13.9. The first-order chi connectivity index (χ1) is 28.4. The first-order valence-electron chi connectivity index (χ1n) is 19.1. The minimum Gasteiger partial charge on any atom is -0.481 e. The molecular formula is C35H58N10O16. The Bertz CT molecular complexity index is 1610. The Balaban J connectivity index is 5.36. The van der Waals surface area contributed by atoms with Gasteiger partial charge in [-0.15, -0.1) is 0 Å². The van der Waals surface area contributed by atoms with E-state index >= 15 is 0 Å². The monoisotopic (exact) mass is 874 g/mol. The van der Waals surface area contributed by atoms with Crippen LogP contribution in [0.4, 0.5) is 0 Å². The molecule has 0 aromatic heterocycles. The summed E-state index contributed by atoms with van der Waals surface area (Å²) in [6.07, 6.45) is -1.77. The lowest BCUT2D eigenvalue weighted by molar-refractivity contribution is -0.143. The Morgan fingerprint density at radius 1 is 0.443 bits per heavy atom. The molecule has 0 rings (SSSR count). The summed E-state index contributed by atoms with van der Waals surface area (Å²) >= 11 is 0. The zero-order valence-corrected chi connectivity index (χ0v) is 34.2. The van der Waals surface area contributed by atoms with E-state index in [0.717, 1.165) is 0 Å². The third-order valence-corrected chi connectivity index (χ3v) is 8.58. The zero-order valence-electron chi connectivity index (χ0n) is 34.2. The second-order valence-electron chi connectivity index (χ2n) is 13.9. The highest BCUT2D eigenvalue weighted by molar-refractivity contribution is 5.97. The lowest BCUT2D eigenvalue weighted by atomic mass is 10.1. The van der Waals surface area contributed by atoms with Crippen LogP contribution in [0.2, 0.25) is 0 Å². The van der Waals surface area contributed by atoms with Gasteiger partial charge in [-0.1, -0.05) is 0 Å². The molecule has 0 bridgehead atoms. The molecule has 0 saturated heterocycles. The maximum atomic E-state index is 13.0. The van der Waals surface area contributed by atoms with E-state index in [1.165, 1.54) is 27.7 Å². The third-order valence-electron chi connectivity index (χ3n) is 8.58. The number of nitrogens with two attached hydrogens (primary N) is 2. The smallest absolute Gasteiger partial charge is 0.326 e. The Labute approximate surface area is 349 Å². The highest BCUT2D eigenvalue weighted by atomic mass is 16.4. The summed E-state index contributed by atoms with van der Waals surface area (Å²) in [7, 11) is 0. The molecule has 0 aliphatic carbocycles. The molecule has 0 aromatic rings. The van der Waals surface area contributed by atoms with Crippen LogP contribution in [0.15, 0.2) is 0 Å². The van der Waals surface area contributed by atoms with Gasteiger partial charge in [0.25, 0.3) is 0 Å². The van der Waals surface area contributed by atoms with Gasteiger partial charge in [-0.2, -0.15) is 0 Å². The van der Waals surface area contributed by atoms with Gasteiger partial charge in [0.15, 0.2) is 0 Å². The molecule has 8 atom stereocenters. The molecule has 0 saturated carbocycles. The number of amides is 8. The third kappa shape index (κ3) is 23.1. The van der Waals surface area contributed by atoms with Crippen LogP contribution in [-0.2, 0) is 57.5 Å². The Hall–Kier alpha value is -6.44. The second kappa shape index (κ2) is 28.1. The largest absolute Gasteiger partial charge is 0.481 e. The minimum atomic E-state index is -1.55. The van der Waals surface area contributed by atoms with Crippen molar-refractivity contribution in [1.29, 1.82) is 0 Å². The number of aliphatic carboxylic acids is 4. The fraction of sp³-hybridized carbons (Fsp3) is 0.657. The SMILES string of the molecule is C[C@H](NC(=O)[C@H](C)NC(=O)[C@H](CCC(=O)O)NC(=O)[C@H](C)NC(=O)[C@@H](N)CCC(=O)O)C(=O)NCC(=O)N[C@@H](CCCCN)C(=O)N[C@@H](C)C(=O)N[C@@H](CCC(=O)O)C(=O)O.